The van der Waals surface area contributed by atoms with Gasteiger partial charge in [0.2, 0.25) is 11.8 Å². The van der Waals surface area contributed by atoms with Crippen LogP contribution in [0.2, 0.25) is 0 Å². The number of carbonyl (C=O) groups is 2. The van der Waals surface area contributed by atoms with E-state index in [0.29, 0.717) is 6.42 Å². The fourth-order valence-corrected chi connectivity index (χ4v) is 3.39. The molecule has 1 aliphatic heterocycles. The number of rotatable bonds is 5. The van der Waals surface area contributed by atoms with Gasteiger partial charge in [0.1, 0.15) is 6.04 Å². The first-order valence-electron chi connectivity index (χ1n) is 9.20. The van der Waals surface area contributed by atoms with Crippen molar-refractivity contribution in [2.75, 3.05) is 13.1 Å². The average Bonchev–Trinajstić information content (AvgIpc) is 3.04. The summed E-state index contributed by atoms with van der Waals surface area (Å²) in [6, 6.07) is 7.54. The number of nitrogens with one attached hydrogen (secondary N) is 2. The number of benzene rings is 1. The van der Waals surface area contributed by atoms with E-state index >= 15 is 0 Å². The van der Waals surface area contributed by atoms with Gasteiger partial charge in [-0.1, -0.05) is 32.0 Å². The third kappa shape index (κ3) is 4.03. The van der Waals surface area contributed by atoms with E-state index in [4.69, 9.17) is 0 Å². The van der Waals surface area contributed by atoms with Crippen LogP contribution in [0.25, 0.3) is 10.9 Å². The van der Waals surface area contributed by atoms with Crippen molar-refractivity contribution in [3.8, 4) is 0 Å². The highest BCUT2D eigenvalue weighted by molar-refractivity contribution is 5.90. The summed E-state index contributed by atoms with van der Waals surface area (Å²) in [6.07, 6.45) is 5.73. The zero-order valence-corrected chi connectivity index (χ0v) is 15.0. The van der Waals surface area contributed by atoms with Crippen LogP contribution in [0.15, 0.2) is 30.5 Å². The topological polar surface area (TPSA) is 65.2 Å². The molecule has 0 radical (unpaired) electrons. The third-order valence-electron chi connectivity index (χ3n) is 4.91. The Morgan fingerprint density at radius 1 is 1.16 bits per heavy atom. The second kappa shape index (κ2) is 7.72. The number of aromatic amines is 1. The van der Waals surface area contributed by atoms with Crippen LogP contribution in [0.1, 0.15) is 38.7 Å². The Kier molecular flexibility index (Phi) is 5.41. The number of H-pyrrole nitrogens is 1. The Morgan fingerprint density at radius 3 is 2.60 bits per heavy atom. The molecule has 2 amide bonds. The first-order chi connectivity index (χ1) is 12.1. The van der Waals surface area contributed by atoms with E-state index in [-0.39, 0.29) is 17.7 Å². The van der Waals surface area contributed by atoms with Crippen molar-refractivity contribution in [1.29, 1.82) is 0 Å². The summed E-state index contributed by atoms with van der Waals surface area (Å²) in [5, 5.41) is 4.08. The molecule has 2 heterocycles. The van der Waals surface area contributed by atoms with E-state index < -0.39 is 6.04 Å². The second-order valence-electron chi connectivity index (χ2n) is 7.17. The predicted octanol–water partition coefficient (Wildman–Crippen LogP) is 2.86. The molecule has 1 fully saturated rings. The van der Waals surface area contributed by atoms with E-state index in [0.717, 1.165) is 42.4 Å². The fraction of sp³-hybridized carbons (Fsp3) is 0.500. The van der Waals surface area contributed by atoms with E-state index in [1.807, 2.05) is 49.2 Å². The van der Waals surface area contributed by atoms with E-state index in [9.17, 15) is 9.59 Å². The van der Waals surface area contributed by atoms with Crippen LogP contribution in [0.5, 0.6) is 0 Å². The number of hydrogen-bond acceptors (Lipinski definition) is 2. The summed E-state index contributed by atoms with van der Waals surface area (Å²) in [5.41, 5.74) is 2.12. The molecule has 1 aromatic carbocycles. The molecule has 5 heteroatoms. The number of nitrogens with zero attached hydrogens (tertiary/aromatic N) is 1. The summed E-state index contributed by atoms with van der Waals surface area (Å²) in [4.78, 5) is 30.4. The van der Waals surface area contributed by atoms with Crippen molar-refractivity contribution in [1.82, 2.24) is 15.2 Å². The summed E-state index contributed by atoms with van der Waals surface area (Å²) in [6.45, 7) is 5.29. The predicted molar refractivity (Wildman–Crippen MR) is 99.2 cm³/mol. The van der Waals surface area contributed by atoms with Gasteiger partial charge >= 0.3 is 0 Å². The molecule has 2 aromatic rings. The summed E-state index contributed by atoms with van der Waals surface area (Å²) in [7, 11) is 0. The maximum Gasteiger partial charge on any atom is 0.245 e. The lowest BCUT2D eigenvalue weighted by molar-refractivity contribution is -0.137. The number of likely N-dealkylation sites (tertiary alicyclic amines) is 1. The normalized spacial score (nSPS) is 16.2. The van der Waals surface area contributed by atoms with Crippen LogP contribution in [0.3, 0.4) is 0 Å². The van der Waals surface area contributed by atoms with E-state index in [2.05, 4.69) is 10.3 Å². The highest BCUT2D eigenvalue weighted by Gasteiger charge is 2.28. The molecule has 0 bridgehead atoms. The molecule has 1 atom stereocenters. The van der Waals surface area contributed by atoms with Gasteiger partial charge in [-0.05, 0) is 30.9 Å². The van der Waals surface area contributed by atoms with Crippen LogP contribution < -0.4 is 5.32 Å². The van der Waals surface area contributed by atoms with Crippen molar-refractivity contribution in [2.45, 2.75) is 45.6 Å². The second-order valence-corrected chi connectivity index (χ2v) is 7.17. The van der Waals surface area contributed by atoms with Gasteiger partial charge < -0.3 is 15.2 Å². The minimum absolute atomic E-state index is 0.0407. The zero-order valence-electron chi connectivity index (χ0n) is 15.0. The highest BCUT2D eigenvalue weighted by atomic mass is 16.2. The quantitative estimate of drug-likeness (QED) is 0.878. The molecule has 1 aromatic heterocycles. The van der Waals surface area contributed by atoms with Gasteiger partial charge in [0.25, 0.3) is 0 Å². The van der Waals surface area contributed by atoms with Gasteiger partial charge in [-0.3, -0.25) is 9.59 Å². The minimum atomic E-state index is -0.507. The maximum absolute atomic E-state index is 13.0. The fourth-order valence-electron chi connectivity index (χ4n) is 3.39. The van der Waals surface area contributed by atoms with Gasteiger partial charge in [0.05, 0.1) is 0 Å². The number of fused-ring (bicyclic) bond motifs is 1. The number of piperidine rings is 1. The van der Waals surface area contributed by atoms with Crippen molar-refractivity contribution in [3.63, 3.8) is 0 Å². The monoisotopic (exact) mass is 341 g/mol. The Balaban J connectivity index is 1.82. The van der Waals surface area contributed by atoms with Gasteiger partial charge in [0.15, 0.2) is 0 Å². The number of carbonyl (C=O) groups excluding carboxylic acids is 2. The number of amides is 2. The molecule has 1 aliphatic rings. The molecule has 1 saturated heterocycles. The van der Waals surface area contributed by atoms with Gasteiger partial charge in [-0.25, -0.2) is 0 Å². The van der Waals surface area contributed by atoms with Crippen molar-refractivity contribution in [2.24, 2.45) is 5.92 Å². The first kappa shape index (κ1) is 17.5. The van der Waals surface area contributed by atoms with Crippen LogP contribution >= 0.6 is 0 Å². The van der Waals surface area contributed by atoms with Crippen molar-refractivity contribution < 1.29 is 9.59 Å². The molecule has 0 spiro atoms. The molecule has 0 aliphatic carbocycles. The number of aromatic nitrogens is 1. The van der Waals surface area contributed by atoms with Crippen LogP contribution in [-0.2, 0) is 16.0 Å². The van der Waals surface area contributed by atoms with Crippen molar-refractivity contribution >= 4 is 22.7 Å². The Bertz CT molecular complexity index is 744. The lowest BCUT2D eigenvalue weighted by atomic mass is 10.0. The standard InChI is InChI=1S/C20H27N3O2/c1-14(2)19(24)22-18(20(25)23-10-6-3-7-11-23)12-15-13-21-17-9-5-4-8-16(15)17/h4-5,8-9,13-14,18,21H,3,6-7,10-12H2,1-2H3,(H,22,24). The molecule has 5 nitrogen and oxygen atoms in total. The van der Waals surface area contributed by atoms with Crippen LogP contribution in [0.4, 0.5) is 0 Å². The molecular formula is C20H27N3O2. The molecule has 134 valence electrons. The molecule has 25 heavy (non-hydrogen) atoms. The lowest BCUT2D eigenvalue weighted by Crippen LogP contribution is -2.51. The van der Waals surface area contributed by atoms with E-state index in [1.54, 1.807) is 0 Å². The average molecular weight is 341 g/mol. The summed E-state index contributed by atoms with van der Waals surface area (Å²) < 4.78 is 0. The Labute approximate surface area is 148 Å². The Morgan fingerprint density at radius 2 is 1.88 bits per heavy atom. The molecule has 3 rings (SSSR count). The molecule has 1 unspecified atom stereocenters. The number of para-hydroxylation sites is 1. The summed E-state index contributed by atoms with van der Waals surface area (Å²) >= 11 is 0. The summed E-state index contributed by atoms with van der Waals surface area (Å²) in [5.74, 6) is -0.172. The van der Waals surface area contributed by atoms with Gasteiger partial charge in [-0.15, -0.1) is 0 Å². The molecule has 0 saturated carbocycles. The minimum Gasteiger partial charge on any atom is -0.361 e. The van der Waals surface area contributed by atoms with Gasteiger partial charge in [-0.2, -0.15) is 0 Å². The smallest absolute Gasteiger partial charge is 0.245 e. The Hall–Kier alpha value is -2.30. The van der Waals surface area contributed by atoms with Crippen molar-refractivity contribution in [3.05, 3.63) is 36.0 Å². The maximum atomic E-state index is 13.0. The molecular weight excluding hydrogens is 314 g/mol. The zero-order chi connectivity index (χ0) is 17.8. The first-order valence-corrected chi connectivity index (χ1v) is 9.20. The largest absolute Gasteiger partial charge is 0.361 e. The third-order valence-corrected chi connectivity index (χ3v) is 4.91. The van der Waals surface area contributed by atoms with Crippen LogP contribution in [-0.4, -0.2) is 40.8 Å². The molecule has 2 N–H and O–H groups in total. The van der Waals surface area contributed by atoms with Crippen LogP contribution in [0, 0.1) is 5.92 Å². The SMILES string of the molecule is CC(C)C(=O)NC(Cc1c[nH]c2ccccc12)C(=O)N1CCCCC1. The van der Waals surface area contributed by atoms with Gasteiger partial charge in [0, 0.05) is 42.5 Å². The lowest BCUT2D eigenvalue weighted by Gasteiger charge is -2.31. The number of hydrogen-bond donors (Lipinski definition) is 2. The van der Waals surface area contributed by atoms with E-state index in [1.165, 1.54) is 6.42 Å². The highest BCUT2D eigenvalue weighted by Crippen LogP contribution is 2.20.